The molecule has 1 aromatic carbocycles. The van der Waals surface area contributed by atoms with Crippen LogP contribution >= 0.6 is 0 Å². The van der Waals surface area contributed by atoms with E-state index in [0.717, 1.165) is 5.56 Å². The minimum atomic E-state index is -1.79. The second kappa shape index (κ2) is 9.29. The van der Waals surface area contributed by atoms with Crippen LogP contribution in [-0.2, 0) is 19.1 Å². The third-order valence-electron chi connectivity index (χ3n) is 6.17. The number of carbonyl (C=O) groups excluding carboxylic acids is 3. The van der Waals surface area contributed by atoms with Gasteiger partial charge < -0.3 is 29.5 Å². The van der Waals surface area contributed by atoms with E-state index >= 15 is 0 Å². The fraction of sp³-hybridized carbons (Fsp3) is 0.560. The van der Waals surface area contributed by atoms with Crippen LogP contribution in [0.2, 0.25) is 0 Å². The van der Waals surface area contributed by atoms with E-state index in [0.29, 0.717) is 5.75 Å². The molecule has 0 spiro atoms. The maximum Gasteiger partial charge on any atom is 0.408 e. The number of likely N-dealkylation sites (tertiary alicyclic amines) is 1. The van der Waals surface area contributed by atoms with Gasteiger partial charge in [-0.1, -0.05) is 26.0 Å². The zero-order valence-electron chi connectivity index (χ0n) is 20.7. The Hall–Kier alpha value is -3.07. The standard InChI is InChI=1S/C25H34N2O7/c1-14(2)20(28)25(26-23(31)34-24(4,5)6)19(18-12-13-33-21(18)29)27(22(25)30)15(3)16-8-10-17(32-7)11-9-16/h8-12,14-15,19-20,28H,13H2,1-7H3,(H,26,31)/t15-,19-,20-,25-/m0/s1. The van der Waals surface area contributed by atoms with Gasteiger partial charge in [-0.25, -0.2) is 9.59 Å². The van der Waals surface area contributed by atoms with Crippen LogP contribution in [0.4, 0.5) is 4.79 Å². The molecular weight excluding hydrogens is 440 g/mol. The first kappa shape index (κ1) is 25.6. The van der Waals surface area contributed by atoms with Gasteiger partial charge in [0.2, 0.25) is 0 Å². The van der Waals surface area contributed by atoms with Crippen LogP contribution in [0, 0.1) is 5.92 Å². The number of ether oxygens (including phenoxy) is 3. The number of aliphatic hydroxyl groups is 1. The van der Waals surface area contributed by atoms with E-state index in [1.165, 1.54) is 4.90 Å². The van der Waals surface area contributed by atoms with Crippen molar-refractivity contribution in [3.63, 3.8) is 0 Å². The Morgan fingerprint density at radius 3 is 2.29 bits per heavy atom. The smallest absolute Gasteiger partial charge is 0.408 e. The van der Waals surface area contributed by atoms with Crippen LogP contribution in [-0.4, -0.2) is 65.0 Å². The predicted molar refractivity (Wildman–Crippen MR) is 124 cm³/mol. The molecule has 0 aromatic heterocycles. The number of alkyl carbamates (subject to hydrolysis) is 1. The van der Waals surface area contributed by atoms with Gasteiger partial charge in [0.15, 0.2) is 5.54 Å². The van der Waals surface area contributed by atoms with Crippen molar-refractivity contribution in [3.05, 3.63) is 41.5 Å². The number of hydrogen-bond acceptors (Lipinski definition) is 7. The highest BCUT2D eigenvalue weighted by molar-refractivity contribution is 6.04. The number of hydrogen-bond donors (Lipinski definition) is 2. The molecule has 1 aromatic rings. The van der Waals surface area contributed by atoms with Crippen LogP contribution in [0.15, 0.2) is 35.9 Å². The predicted octanol–water partition coefficient (Wildman–Crippen LogP) is 2.73. The Kier molecular flexibility index (Phi) is 6.98. The number of benzene rings is 1. The average molecular weight is 475 g/mol. The number of methoxy groups -OCH3 is 1. The Bertz CT molecular complexity index is 980. The summed E-state index contributed by atoms with van der Waals surface area (Å²) in [6.45, 7) is 10.5. The molecule has 0 bridgehead atoms. The van der Waals surface area contributed by atoms with Crippen molar-refractivity contribution in [1.29, 1.82) is 0 Å². The number of nitrogens with one attached hydrogen (secondary N) is 1. The lowest BCUT2D eigenvalue weighted by atomic mass is 9.67. The minimum Gasteiger partial charge on any atom is -0.497 e. The second-order valence-electron chi connectivity index (χ2n) is 10.0. The number of esters is 1. The van der Waals surface area contributed by atoms with Gasteiger partial charge in [0.25, 0.3) is 5.91 Å². The number of nitrogens with zero attached hydrogens (tertiary/aromatic N) is 1. The zero-order chi connectivity index (χ0) is 25.4. The van der Waals surface area contributed by atoms with E-state index in [9.17, 15) is 19.5 Å². The van der Waals surface area contributed by atoms with E-state index in [1.807, 2.05) is 19.1 Å². The number of carbonyl (C=O) groups is 3. The van der Waals surface area contributed by atoms with Crippen LogP contribution < -0.4 is 10.1 Å². The molecule has 2 amide bonds. The number of aliphatic hydroxyl groups excluding tert-OH is 1. The lowest BCUT2D eigenvalue weighted by Crippen LogP contribution is -2.85. The highest BCUT2D eigenvalue weighted by atomic mass is 16.6. The fourth-order valence-electron chi connectivity index (χ4n) is 4.52. The monoisotopic (exact) mass is 474 g/mol. The van der Waals surface area contributed by atoms with E-state index in [-0.39, 0.29) is 12.2 Å². The summed E-state index contributed by atoms with van der Waals surface area (Å²) >= 11 is 0. The highest BCUT2D eigenvalue weighted by Crippen LogP contribution is 2.46. The first-order valence-electron chi connectivity index (χ1n) is 11.4. The SMILES string of the molecule is COc1ccc([C@H](C)N2C(=O)[C@@](NC(=O)OC(C)(C)C)([C@@H](O)C(C)C)[C@@H]2C2=CCOC2=O)cc1. The second-order valence-corrected chi connectivity index (χ2v) is 10.0. The quantitative estimate of drug-likeness (QED) is 0.461. The number of amides is 2. The van der Waals surface area contributed by atoms with Crippen molar-refractivity contribution in [2.75, 3.05) is 13.7 Å². The maximum absolute atomic E-state index is 13.8. The summed E-state index contributed by atoms with van der Waals surface area (Å²) in [4.78, 5) is 40.8. The maximum atomic E-state index is 13.8. The third kappa shape index (κ3) is 4.49. The van der Waals surface area contributed by atoms with Crippen molar-refractivity contribution in [3.8, 4) is 5.75 Å². The fourth-order valence-corrected chi connectivity index (χ4v) is 4.52. The van der Waals surface area contributed by atoms with E-state index in [2.05, 4.69) is 5.32 Å². The number of β-lactam (4-membered cyclic amide) rings is 1. The Labute approximate surface area is 200 Å². The van der Waals surface area contributed by atoms with Crippen molar-refractivity contribution in [1.82, 2.24) is 10.2 Å². The Morgan fingerprint density at radius 2 is 1.82 bits per heavy atom. The molecule has 0 unspecified atom stereocenters. The molecule has 9 heteroatoms. The average Bonchev–Trinajstić information content (AvgIpc) is 3.18. The first-order chi connectivity index (χ1) is 15.8. The molecule has 2 aliphatic rings. The molecule has 1 fully saturated rings. The highest BCUT2D eigenvalue weighted by Gasteiger charge is 2.69. The molecule has 0 aliphatic carbocycles. The minimum absolute atomic E-state index is 0.0594. The van der Waals surface area contributed by atoms with Gasteiger partial charge in [-0.15, -0.1) is 0 Å². The summed E-state index contributed by atoms with van der Waals surface area (Å²) < 4.78 is 15.8. The van der Waals surface area contributed by atoms with Gasteiger partial charge >= 0.3 is 12.1 Å². The van der Waals surface area contributed by atoms with Crippen molar-refractivity contribution >= 4 is 18.0 Å². The van der Waals surface area contributed by atoms with Crippen molar-refractivity contribution < 1.29 is 33.7 Å². The molecule has 34 heavy (non-hydrogen) atoms. The molecule has 3 rings (SSSR count). The summed E-state index contributed by atoms with van der Waals surface area (Å²) in [6.07, 6.45) is -0.549. The van der Waals surface area contributed by atoms with Crippen LogP contribution in [0.3, 0.4) is 0 Å². The molecule has 0 saturated carbocycles. The Balaban J connectivity index is 2.07. The zero-order valence-corrected chi connectivity index (χ0v) is 20.7. The summed E-state index contributed by atoms with van der Waals surface area (Å²) in [5.74, 6) is -0.831. The normalized spacial score (nSPS) is 24.2. The van der Waals surface area contributed by atoms with Crippen molar-refractivity contribution in [2.24, 2.45) is 5.92 Å². The van der Waals surface area contributed by atoms with E-state index in [4.69, 9.17) is 14.2 Å². The molecule has 2 heterocycles. The third-order valence-corrected chi connectivity index (χ3v) is 6.17. The molecule has 4 atom stereocenters. The summed E-state index contributed by atoms with van der Waals surface area (Å²) in [7, 11) is 1.57. The van der Waals surface area contributed by atoms with Crippen LogP contribution in [0.1, 0.15) is 53.1 Å². The largest absolute Gasteiger partial charge is 0.497 e. The van der Waals surface area contributed by atoms with E-state index < -0.39 is 53.2 Å². The molecule has 0 radical (unpaired) electrons. The lowest BCUT2D eigenvalue weighted by molar-refractivity contribution is -0.179. The number of rotatable bonds is 7. The molecular formula is C25H34N2O7. The topological polar surface area (TPSA) is 114 Å². The lowest BCUT2D eigenvalue weighted by Gasteiger charge is -2.60. The van der Waals surface area contributed by atoms with Crippen LogP contribution in [0.5, 0.6) is 5.75 Å². The van der Waals surface area contributed by atoms with Gasteiger partial charge in [0, 0.05) is 0 Å². The molecule has 2 aliphatic heterocycles. The van der Waals surface area contributed by atoms with E-state index in [1.54, 1.807) is 59.9 Å². The Morgan fingerprint density at radius 1 is 1.21 bits per heavy atom. The molecule has 2 N–H and O–H groups in total. The molecule has 1 saturated heterocycles. The summed E-state index contributed by atoms with van der Waals surface area (Å²) in [5.41, 5.74) is -1.59. The molecule has 9 nitrogen and oxygen atoms in total. The van der Waals surface area contributed by atoms with Gasteiger partial charge in [-0.3, -0.25) is 4.79 Å². The summed E-state index contributed by atoms with van der Waals surface area (Å²) in [6, 6.07) is 5.81. The van der Waals surface area contributed by atoms with Crippen LogP contribution in [0.25, 0.3) is 0 Å². The van der Waals surface area contributed by atoms with Crippen molar-refractivity contribution in [2.45, 2.75) is 70.9 Å². The van der Waals surface area contributed by atoms with Gasteiger partial charge in [0.05, 0.1) is 30.9 Å². The van der Waals surface area contributed by atoms with Gasteiger partial charge in [0.1, 0.15) is 18.0 Å². The molecule has 186 valence electrons. The van der Waals surface area contributed by atoms with Gasteiger partial charge in [-0.05, 0) is 57.4 Å². The van der Waals surface area contributed by atoms with Gasteiger partial charge in [-0.2, -0.15) is 0 Å². The summed E-state index contributed by atoms with van der Waals surface area (Å²) in [5, 5.41) is 13.9. The first-order valence-corrected chi connectivity index (χ1v) is 11.4. The number of cyclic esters (lactones) is 1.